The first kappa shape index (κ1) is 17.5. The normalized spacial score (nSPS) is 19.4. The van der Waals surface area contributed by atoms with Crippen molar-refractivity contribution in [3.63, 3.8) is 0 Å². The van der Waals surface area contributed by atoms with Gasteiger partial charge in [-0.2, -0.15) is 5.10 Å². The Bertz CT molecular complexity index is 1020. The van der Waals surface area contributed by atoms with Crippen LogP contribution in [0.3, 0.4) is 0 Å². The van der Waals surface area contributed by atoms with Crippen molar-refractivity contribution in [1.29, 1.82) is 0 Å². The van der Waals surface area contributed by atoms with Crippen LogP contribution < -0.4 is 0 Å². The Morgan fingerprint density at radius 1 is 1.04 bits per heavy atom. The highest BCUT2D eigenvalue weighted by atomic mass is 35.5. The van der Waals surface area contributed by atoms with Crippen molar-refractivity contribution in [2.45, 2.75) is 44.7 Å². The molecule has 0 spiro atoms. The lowest BCUT2D eigenvalue weighted by Gasteiger charge is -2.31. The molecule has 1 amide bonds. The van der Waals surface area contributed by atoms with E-state index < -0.39 is 0 Å². The van der Waals surface area contributed by atoms with Crippen LogP contribution in [0.4, 0.5) is 0 Å². The second-order valence-electron chi connectivity index (χ2n) is 7.83. The van der Waals surface area contributed by atoms with Crippen molar-refractivity contribution in [3.8, 4) is 11.3 Å². The van der Waals surface area contributed by atoms with Gasteiger partial charge in [0.05, 0.1) is 11.7 Å². The molecule has 5 rings (SSSR count). The van der Waals surface area contributed by atoms with Crippen LogP contribution in [-0.4, -0.2) is 27.0 Å². The predicted molar refractivity (Wildman–Crippen MR) is 110 cm³/mol. The van der Waals surface area contributed by atoms with Gasteiger partial charge in [0.1, 0.15) is 5.69 Å². The Hall–Kier alpha value is -2.59. The molecule has 28 heavy (non-hydrogen) atoms. The van der Waals surface area contributed by atoms with Crippen molar-refractivity contribution in [2.75, 3.05) is 0 Å². The van der Waals surface area contributed by atoms with Gasteiger partial charge in [0.15, 0.2) is 0 Å². The molecule has 2 aromatic carbocycles. The molecular formula is C23H22ClN3O. The van der Waals surface area contributed by atoms with Crippen molar-refractivity contribution in [2.24, 2.45) is 0 Å². The van der Waals surface area contributed by atoms with E-state index in [2.05, 4.69) is 46.3 Å². The number of halogens is 1. The number of hydrogen-bond donors (Lipinski definition) is 1. The number of H-pyrrole nitrogens is 1. The van der Waals surface area contributed by atoms with E-state index in [-0.39, 0.29) is 18.0 Å². The molecule has 1 atom stereocenters. The summed E-state index contributed by atoms with van der Waals surface area (Å²) in [6.07, 6.45) is 4.48. The molecule has 1 aliphatic carbocycles. The molecule has 1 aliphatic heterocycles. The van der Waals surface area contributed by atoms with Crippen molar-refractivity contribution in [1.82, 2.24) is 15.1 Å². The number of rotatable bonds is 3. The Labute approximate surface area is 169 Å². The number of nitrogens with zero attached hydrogens (tertiary/aromatic N) is 2. The molecule has 0 saturated heterocycles. The maximum atomic E-state index is 13.4. The van der Waals surface area contributed by atoms with Crippen LogP contribution in [0.2, 0.25) is 5.02 Å². The van der Waals surface area contributed by atoms with Gasteiger partial charge in [0.2, 0.25) is 0 Å². The predicted octanol–water partition coefficient (Wildman–Crippen LogP) is 5.53. The Morgan fingerprint density at radius 3 is 2.39 bits per heavy atom. The summed E-state index contributed by atoms with van der Waals surface area (Å²) in [4.78, 5) is 15.4. The highest BCUT2D eigenvalue weighted by molar-refractivity contribution is 6.30. The SMILES string of the molecule is Cc1ccc(-c2n[nH]c3c2C(c2ccc(Cl)cc2)N(C2CCCC2)C3=O)cc1. The van der Waals surface area contributed by atoms with Gasteiger partial charge in [-0.3, -0.25) is 9.89 Å². The first-order chi connectivity index (χ1) is 13.6. The molecule has 1 fully saturated rings. The maximum Gasteiger partial charge on any atom is 0.273 e. The lowest BCUT2D eigenvalue weighted by atomic mass is 9.95. The minimum absolute atomic E-state index is 0.0627. The van der Waals surface area contributed by atoms with Gasteiger partial charge in [0, 0.05) is 22.2 Å². The number of carbonyl (C=O) groups is 1. The number of aromatic amines is 1. The van der Waals surface area contributed by atoms with Gasteiger partial charge >= 0.3 is 0 Å². The number of fused-ring (bicyclic) bond motifs is 1. The fraction of sp³-hybridized carbons (Fsp3) is 0.304. The molecular weight excluding hydrogens is 370 g/mol. The van der Waals surface area contributed by atoms with Crippen molar-refractivity contribution < 1.29 is 4.79 Å². The standard InChI is InChI=1S/C23H22ClN3O/c1-14-6-8-15(9-7-14)20-19-21(26-25-20)23(28)27(18-4-2-3-5-18)22(19)16-10-12-17(24)13-11-16/h6-13,18,22H,2-5H2,1H3,(H,25,26). The fourth-order valence-electron chi connectivity index (χ4n) is 4.63. The van der Waals surface area contributed by atoms with Crippen LogP contribution in [0.25, 0.3) is 11.3 Å². The smallest absolute Gasteiger partial charge is 0.273 e. The number of benzene rings is 2. The summed E-state index contributed by atoms with van der Waals surface area (Å²) in [6.45, 7) is 2.07. The van der Waals surface area contributed by atoms with E-state index in [0.29, 0.717) is 10.7 Å². The third-order valence-electron chi connectivity index (χ3n) is 6.03. The summed E-state index contributed by atoms with van der Waals surface area (Å²) in [7, 11) is 0. The van der Waals surface area contributed by atoms with Crippen molar-refractivity contribution in [3.05, 3.63) is 75.9 Å². The Morgan fingerprint density at radius 2 is 1.71 bits per heavy atom. The molecule has 4 nitrogen and oxygen atoms in total. The number of amides is 1. The molecule has 0 bridgehead atoms. The molecule has 2 aliphatic rings. The van der Waals surface area contributed by atoms with Gasteiger partial charge in [-0.05, 0) is 37.5 Å². The Balaban J connectivity index is 1.67. The number of carbonyl (C=O) groups excluding carboxylic acids is 1. The Kier molecular flexibility index (Phi) is 4.24. The fourth-order valence-corrected chi connectivity index (χ4v) is 4.75. The first-order valence-corrected chi connectivity index (χ1v) is 10.2. The molecule has 3 aromatic rings. The molecule has 1 saturated carbocycles. The van der Waals surface area contributed by atoms with E-state index in [9.17, 15) is 4.79 Å². The number of aromatic nitrogens is 2. The summed E-state index contributed by atoms with van der Waals surface area (Å²) in [5.41, 5.74) is 5.80. The topological polar surface area (TPSA) is 49.0 Å². The second-order valence-corrected chi connectivity index (χ2v) is 8.27. The van der Waals surface area contributed by atoms with Gasteiger partial charge in [-0.1, -0.05) is 66.4 Å². The zero-order valence-electron chi connectivity index (χ0n) is 15.8. The van der Waals surface area contributed by atoms with E-state index in [1.807, 2.05) is 24.3 Å². The van der Waals surface area contributed by atoms with E-state index in [1.54, 1.807) is 0 Å². The summed E-state index contributed by atoms with van der Waals surface area (Å²) >= 11 is 6.13. The highest BCUT2D eigenvalue weighted by Crippen LogP contribution is 2.46. The van der Waals surface area contributed by atoms with Crippen LogP contribution in [0.15, 0.2) is 48.5 Å². The molecule has 142 valence electrons. The highest BCUT2D eigenvalue weighted by Gasteiger charge is 2.45. The van der Waals surface area contributed by atoms with Gasteiger partial charge in [-0.25, -0.2) is 0 Å². The molecule has 0 radical (unpaired) electrons. The summed E-state index contributed by atoms with van der Waals surface area (Å²) in [5.74, 6) is 0.0627. The minimum Gasteiger partial charge on any atom is -0.323 e. The van der Waals surface area contributed by atoms with Gasteiger partial charge < -0.3 is 4.90 Å². The molecule has 5 heteroatoms. The largest absolute Gasteiger partial charge is 0.323 e. The lowest BCUT2D eigenvalue weighted by molar-refractivity contribution is 0.0660. The van der Waals surface area contributed by atoms with E-state index in [4.69, 9.17) is 11.6 Å². The molecule has 1 N–H and O–H groups in total. The summed E-state index contributed by atoms with van der Waals surface area (Å²) < 4.78 is 0. The third kappa shape index (κ3) is 2.75. The van der Waals surface area contributed by atoms with Crippen LogP contribution in [-0.2, 0) is 0 Å². The van der Waals surface area contributed by atoms with Gasteiger partial charge in [0.25, 0.3) is 5.91 Å². The number of hydrogen-bond acceptors (Lipinski definition) is 2. The molecule has 1 unspecified atom stereocenters. The van der Waals surface area contributed by atoms with Crippen LogP contribution in [0.5, 0.6) is 0 Å². The number of aryl methyl sites for hydroxylation is 1. The van der Waals surface area contributed by atoms with E-state index >= 15 is 0 Å². The number of nitrogens with one attached hydrogen (secondary N) is 1. The zero-order valence-corrected chi connectivity index (χ0v) is 16.5. The molecule has 1 aromatic heterocycles. The zero-order chi connectivity index (χ0) is 19.3. The van der Waals surface area contributed by atoms with Gasteiger partial charge in [-0.15, -0.1) is 0 Å². The van der Waals surface area contributed by atoms with E-state index in [0.717, 1.165) is 35.2 Å². The summed E-state index contributed by atoms with van der Waals surface area (Å²) in [6, 6.07) is 16.3. The lowest BCUT2D eigenvalue weighted by Crippen LogP contribution is -2.37. The van der Waals surface area contributed by atoms with E-state index in [1.165, 1.54) is 18.4 Å². The van der Waals surface area contributed by atoms with Crippen LogP contribution in [0.1, 0.15) is 58.9 Å². The summed E-state index contributed by atoms with van der Waals surface area (Å²) in [5, 5.41) is 8.29. The first-order valence-electron chi connectivity index (χ1n) is 9.87. The van der Waals surface area contributed by atoms with Crippen LogP contribution >= 0.6 is 11.6 Å². The minimum atomic E-state index is -0.127. The average Bonchev–Trinajstić information content (AvgIpc) is 3.41. The molecule has 2 heterocycles. The van der Waals surface area contributed by atoms with Crippen molar-refractivity contribution >= 4 is 17.5 Å². The monoisotopic (exact) mass is 391 g/mol. The quantitative estimate of drug-likeness (QED) is 0.638. The third-order valence-corrected chi connectivity index (χ3v) is 6.28. The van der Waals surface area contributed by atoms with Crippen LogP contribution in [0, 0.1) is 6.92 Å². The average molecular weight is 392 g/mol. The second kappa shape index (κ2) is 6.78. The maximum absolute atomic E-state index is 13.4.